The zero-order valence-corrected chi connectivity index (χ0v) is 14.5. The molecule has 0 unspecified atom stereocenters. The van der Waals surface area contributed by atoms with Gasteiger partial charge < -0.3 is 4.42 Å². The second-order valence-electron chi connectivity index (χ2n) is 5.48. The van der Waals surface area contributed by atoms with Gasteiger partial charge in [0.1, 0.15) is 10.5 Å². The fourth-order valence-corrected chi connectivity index (χ4v) is 3.45. The van der Waals surface area contributed by atoms with Crippen LogP contribution in [-0.2, 0) is 6.54 Å². The Hall–Kier alpha value is -3.19. The fourth-order valence-electron chi connectivity index (χ4n) is 2.58. The van der Waals surface area contributed by atoms with E-state index in [1.54, 1.807) is 24.5 Å². The van der Waals surface area contributed by atoms with Gasteiger partial charge in [-0.05, 0) is 36.0 Å². The van der Waals surface area contributed by atoms with Gasteiger partial charge in [-0.25, -0.2) is 4.79 Å². The molecule has 0 saturated heterocycles. The molecule has 6 nitrogen and oxygen atoms in total. The summed E-state index contributed by atoms with van der Waals surface area (Å²) in [5.41, 5.74) is 1.06. The molecule has 0 spiro atoms. The third kappa shape index (κ3) is 3.04. The smallest absolute Gasteiger partial charge is 0.350 e. The fraction of sp³-hybridized carbons (Fsp3) is 0.0526. The van der Waals surface area contributed by atoms with Gasteiger partial charge in [-0.2, -0.15) is 0 Å². The Morgan fingerprint density at radius 2 is 1.96 bits per heavy atom. The zero-order valence-electron chi connectivity index (χ0n) is 13.7. The quantitative estimate of drug-likeness (QED) is 0.397. The Labute approximate surface area is 153 Å². The van der Waals surface area contributed by atoms with Crippen LogP contribution in [0.15, 0.2) is 86.8 Å². The molecule has 26 heavy (non-hydrogen) atoms. The summed E-state index contributed by atoms with van der Waals surface area (Å²) < 4.78 is 7.30. The number of nitrogens with zero attached hydrogens (tertiary/aromatic N) is 4. The highest BCUT2D eigenvalue weighted by Crippen LogP contribution is 2.29. The number of fused-ring (bicyclic) bond motifs is 1. The Bertz CT molecular complexity index is 1140. The summed E-state index contributed by atoms with van der Waals surface area (Å²) in [6, 6.07) is 12.9. The van der Waals surface area contributed by atoms with Crippen LogP contribution in [0.4, 0.5) is 0 Å². The lowest BCUT2D eigenvalue weighted by atomic mass is 10.2. The predicted octanol–water partition coefficient (Wildman–Crippen LogP) is 3.78. The molecule has 0 atom stereocenters. The number of hydrogen-bond acceptors (Lipinski definition) is 6. The van der Waals surface area contributed by atoms with Crippen molar-refractivity contribution in [3.8, 4) is 11.4 Å². The van der Waals surface area contributed by atoms with Crippen LogP contribution in [0, 0.1) is 0 Å². The third-order valence-corrected chi connectivity index (χ3v) is 4.77. The van der Waals surface area contributed by atoms with Crippen molar-refractivity contribution in [2.45, 2.75) is 16.6 Å². The molecule has 128 valence electrons. The van der Waals surface area contributed by atoms with Crippen molar-refractivity contribution in [2.75, 3.05) is 0 Å². The summed E-state index contributed by atoms with van der Waals surface area (Å²) in [4.78, 5) is 16.8. The van der Waals surface area contributed by atoms with Gasteiger partial charge in [-0.1, -0.05) is 24.3 Å². The molecule has 4 rings (SSSR count). The second-order valence-corrected chi connectivity index (χ2v) is 6.49. The van der Waals surface area contributed by atoms with E-state index < -0.39 is 5.63 Å². The van der Waals surface area contributed by atoms with Crippen LogP contribution >= 0.6 is 11.8 Å². The van der Waals surface area contributed by atoms with Gasteiger partial charge in [0.25, 0.3) is 0 Å². The van der Waals surface area contributed by atoms with Crippen molar-refractivity contribution in [3.63, 3.8) is 0 Å². The minimum absolute atomic E-state index is 0.396. The summed E-state index contributed by atoms with van der Waals surface area (Å²) >= 11 is 1.23. The first kappa shape index (κ1) is 16.3. The minimum Gasteiger partial charge on any atom is -0.422 e. The van der Waals surface area contributed by atoms with E-state index >= 15 is 0 Å². The summed E-state index contributed by atoms with van der Waals surface area (Å²) in [5, 5.41) is 9.99. The first-order chi connectivity index (χ1) is 12.8. The third-order valence-electron chi connectivity index (χ3n) is 3.78. The summed E-state index contributed by atoms with van der Waals surface area (Å²) in [5.74, 6) is 0.694. The Balaban J connectivity index is 1.77. The molecule has 0 fully saturated rings. The molecular formula is C19H14N4O2S. The van der Waals surface area contributed by atoms with Gasteiger partial charge >= 0.3 is 5.63 Å². The van der Waals surface area contributed by atoms with E-state index in [0.717, 1.165) is 10.9 Å². The van der Waals surface area contributed by atoms with E-state index in [0.29, 0.717) is 28.0 Å². The Kier molecular flexibility index (Phi) is 4.37. The molecule has 4 aromatic rings. The maximum atomic E-state index is 12.3. The second kappa shape index (κ2) is 6.97. The number of hydrogen-bond donors (Lipinski definition) is 0. The first-order valence-electron chi connectivity index (χ1n) is 7.91. The van der Waals surface area contributed by atoms with Gasteiger partial charge in [0.2, 0.25) is 0 Å². The molecule has 0 aliphatic heterocycles. The number of allylic oxidation sites excluding steroid dienone is 1. The van der Waals surface area contributed by atoms with Crippen LogP contribution in [0.2, 0.25) is 0 Å². The average molecular weight is 362 g/mol. The predicted molar refractivity (Wildman–Crippen MR) is 100 cm³/mol. The average Bonchev–Trinajstić information content (AvgIpc) is 3.06. The Morgan fingerprint density at radius 1 is 1.15 bits per heavy atom. The van der Waals surface area contributed by atoms with E-state index in [1.165, 1.54) is 11.8 Å². The summed E-state index contributed by atoms with van der Waals surface area (Å²) in [7, 11) is 0. The molecule has 7 heteroatoms. The van der Waals surface area contributed by atoms with Gasteiger partial charge in [0, 0.05) is 29.9 Å². The van der Waals surface area contributed by atoms with Crippen LogP contribution in [0.25, 0.3) is 22.4 Å². The minimum atomic E-state index is -0.396. The number of aromatic nitrogens is 4. The van der Waals surface area contributed by atoms with Crippen molar-refractivity contribution in [1.82, 2.24) is 19.7 Å². The van der Waals surface area contributed by atoms with Crippen LogP contribution in [0.3, 0.4) is 0 Å². The van der Waals surface area contributed by atoms with Crippen molar-refractivity contribution >= 4 is 22.7 Å². The number of rotatable bonds is 5. The monoisotopic (exact) mass is 362 g/mol. The highest BCUT2D eigenvalue weighted by Gasteiger charge is 2.16. The van der Waals surface area contributed by atoms with Crippen LogP contribution in [0.5, 0.6) is 0 Å². The van der Waals surface area contributed by atoms with E-state index in [-0.39, 0.29) is 0 Å². The van der Waals surface area contributed by atoms with Crippen LogP contribution in [-0.4, -0.2) is 19.7 Å². The Morgan fingerprint density at radius 3 is 2.77 bits per heavy atom. The first-order valence-corrected chi connectivity index (χ1v) is 8.73. The SMILES string of the molecule is C=CCn1c(Sc2cc3ccccc3oc2=O)nnc1-c1ccncc1. The van der Waals surface area contributed by atoms with Crippen molar-refractivity contribution in [3.05, 3.63) is 77.9 Å². The van der Waals surface area contributed by atoms with Gasteiger partial charge in [0.05, 0.1) is 0 Å². The number of pyridine rings is 1. The van der Waals surface area contributed by atoms with E-state index in [1.807, 2.05) is 41.0 Å². The highest BCUT2D eigenvalue weighted by molar-refractivity contribution is 7.99. The lowest BCUT2D eigenvalue weighted by Crippen LogP contribution is -2.04. The van der Waals surface area contributed by atoms with Gasteiger partial charge in [-0.15, -0.1) is 16.8 Å². The topological polar surface area (TPSA) is 73.8 Å². The molecular weight excluding hydrogens is 348 g/mol. The standard InChI is InChI=1S/C19H14N4O2S/c1-2-11-23-17(13-7-9-20-10-8-13)21-22-19(23)26-16-12-14-5-3-4-6-15(14)25-18(16)24/h2-10,12H,1,11H2. The molecule has 0 radical (unpaired) electrons. The van der Waals surface area contributed by atoms with Gasteiger partial charge in [0.15, 0.2) is 11.0 Å². The molecule has 0 saturated carbocycles. The maximum Gasteiger partial charge on any atom is 0.350 e. The molecule has 3 aromatic heterocycles. The summed E-state index contributed by atoms with van der Waals surface area (Å²) in [6.07, 6.45) is 5.17. The molecule has 3 heterocycles. The molecule has 0 amide bonds. The maximum absolute atomic E-state index is 12.3. The lowest BCUT2D eigenvalue weighted by Gasteiger charge is -2.07. The van der Waals surface area contributed by atoms with Crippen LogP contribution < -0.4 is 5.63 Å². The van der Waals surface area contributed by atoms with E-state index in [4.69, 9.17) is 4.42 Å². The molecule has 0 bridgehead atoms. The molecule has 1 aromatic carbocycles. The van der Waals surface area contributed by atoms with Crippen molar-refractivity contribution in [1.29, 1.82) is 0 Å². The number of benzene rings is 1. The van der Waals surface area contributed by atoms with Gasteiger partial charge in [-0.3, -0.25) is 9.55 Å². The van der Waals surface area contributed by atoms with Crippen molar-refractivity contribution < 1.29 is 4.42 Å². The normalized spacial score (nSPS) is 10.9. The van der Waals surface area contributed by atoms with Crippen LogP contribution in [0.1, 0.15) is 0 Å². The summed E-state index contributed by atoms with van der Waals surface area (Å²) in [6.45, 7) is 4.32. The van der Waals surface area contributed by atoms with E-state index in [9.17, 15) is 4.79 Å². The largest absolute Gasteiger partial charge is 0.422 e. The lowest BCUT2D eigenvalue weighted by molar-refractivity contribution is 0.543. The molecule has 0 aliphatic rings. The highest BCUT2D eigenvalue weighted by atomic mass is 32.2. The number of para-hydroxylation sites is 1. The molecule has 0 aliphatic carbocycles. The van der Waals surface area contributed by atoms with E-state index in [2.05, 4.69) is 21.8 Å². The van der Waals surface area contributed by atoms with Crippen molar-refractivity contribution in [2.24, 2.45) is 0 Å². The molecule has 0 N–H and O–H groups in total. The zero-order chi connectivity index (χ0) is 17.9.